The molecule has 0 atom stereocenters. The first-order chi connectivity index (χ1) is 17.1. The molecule has 0 bridgehead atoms. The number of rotatable bonds is 6. The van der Waals surface area contributed by atoms with Crippen molar-refractivity contribution in [2.24, 2.45) is 0 Å². The Balaban J connectivity index is 1.26. The Morgan fingerprint density at radius 3 is 2.42 bits per heavy atom. The van der Waals surface area contributed by atoms with Crippen molar-refractivity contribution in [3.63, 3.8) is 0 Å². The van der Waals surface area contributed by atoms with Gasteiger partial charge in [-0.1, -0.05) is 51.1 Å². The molecule has 2 aromatic carbocycles. The van der Waals surface area contributed by atoms with Crippen molar-refractivity contribution in [1.82, 2.24) is 24.5 Å². The molecular weight excluding hydrogens is 474 g/mol. The quantitative estimate of drug-likeness (QED) is 0.390. The first-order valence-corrected chi connectivity index (χ1v) is 14.0. The number of benzene rings is 2. The number of sulfonamides is 1. The predicted molar refractivity (Wildman–Crippen MR) is 138 cm³/mol. The highest BCUT2D eigenvalue weighted by molar-refractivity contribution is 7.89. The lowest BCUT2D eigenvalue weighted by atomic mass is 9.86. The van der Waals surface area contributed by atoms with Gasteiger partial charge in [0.15, 0.2) is 0 Å². The standard InChI is InChI=1S/C27H33N5O3S/c1-18-28-23-16-22(14-15-24(23)32(18)17-19-8-6-5-7-9-19)36(33,34)31-21-12-10-20(11-13-21)25-29-30-26(35-25)27(2,3)4/h5-9,14-16,20-21,31H,10-13,17H2,1-4H3/t20-,21-. The molecule has 4 aromatic rings. The lowest BCUT2D eigenvalue weighted by molar-refractivity contribution is 0.304. The largest absolute Gasteiger partial charge is 0.424 e. The first-order valence-electron chi connectivity index (χ1n) is 12.5. The minimum absolute atomic E-state index is 0.121. The van der Waals surface area contributed by atoms with Gasteiger partial charge in [0.2, 0.25) is 21.8 Å². The smallest absolute Gasteiger partial charge is 0.240 e. The van der Waals surface area contributed by atoms with E-state index in [-0.39, 0.29) is 22.3 Å². The number of imidazole rings is 1. The summed E-state index contributed by atoms with van der Waals surface area (Å²) >= 11 is 0. The molecule has 190 valence electrons. The Labute approximate surface area is 212 Å². The minimum Gasteiger partial charge on any atom is -0.424 e. The molecule has 2 heterocycles. The van der Waals surface area contributed by atoms with Crippen molar-refractivity contribution in [3.05, 3.63) is 71.7 Å². The van der Waals surface area contributed by atoms with E-state index >= 15 is 0 Å². The van der Waals surface area contributed by atoms with Gasteiger partial charge in [0.1, 0.15) is 5.82 Å². The van der Waals surface area contributed by atoms with E-state index in [2.05, 4.69) is 36.6 Å². The van der Waals surface area contributed by atoms with Crippen molar-refractivity contribution in [3.8, 4) is 0 Å². The van der Waals surface area contributed by atoms with E-state index in [0.717, 1.165) is 37.0 Å². The maximum Gasteiger partial charge on any atom is 0.240 e. The van der Waals surface area contributed by atoms with E-state index in [0.29, 0.717) is 23.8 Å². The SMILES string of the molecule is Cc1nc2cc(S(=O)(=O)N[C@H]3CC[C@H](c4nnc(C(C)(C)C)o4)CC3)ccc2n1Cc1ccccc1. The third-order valence-corrected chi connectivity index (χ3v) is 8.40. The highest BCUT2D eigenvalue weighted by atomic mass is 32.2. The second-order valence-electron chi connectivity index (χ2n) is 10.7. The highest BCUT2D eigenvalue weighted by Crippen LogP contribution is 2.34. The molecule has 0 spiro atoms. The van der Waals surface area contributed by atoms with Gasteiger partial charge < -0.3 is 8.98 Å². The summed E-state index contributed by atoms with van der Waals surface area (Å²) in [4.78, 5) is 4.88. The molecular formula is C27H33N5O3S. The number of nitrogens with zero attached hydrogens (tertiary/aromatic N) is 4. The number of nitrogens with one attached hydrogen (secondary N) is 1. The van der Waals surface area contributed by atoms with E-state index in [9.17, 15) is 8.42 Å². The van der Waals surface area contributed by atoms with E-state index < -0.39 is 10.0 Å². The Kier molecular flexibility index (Phi) is 6.46. The van der Waals surface area contributed by atoms with Crippen LogP contribution in [0.1, 0.15) is 75.5 Å². The van der Waals surface area contributed by atoms with Crippen LogP contribution in [0.3, 0.4) is 0 Å². The molecule has 2 aromatic heterocycles. The number of hydrogen-bond donors (Lipinski definition) is 1. The summed E-state index contributed by atoms with van der Waals surface area (Å²) in [5.74, 6) is 2.32. The molecule has 1 N–H and O–H groups in total. The summed E-state index contributed by atoms with van der Waals surface area (Å²) in [6.45, 7) is 8.77. The fraction of sp³-hybridized carbons (Fsp3) is 0.444. The number of hydrogen-bond acceptors (Lipinski definition) is 6. The van der Waals surface area contributed by atoms with Crippen molar-refractivity contribution in [2.75, 3.05) is 0 Å². The summed E-state index contributed by atoms with van der Waals surface area (Å²) < 4.78 is 37.3. The number of fused-ring (bicyclic) bond motifs is 1. The fourth-order valence-corrected chi connectivity index (χ4v) is 6.14. The van der Waals surface area contributed by atoms with Crippen LogP contribution in [0.4, 0.5) is 0 Å². The molecule has 8 nitrogen and oxygen atoms in total. The van der Waals surface area contributed by atoms with Crippen molar-refractivity contribution < 1.29 is 12.8 Å². The second-order valence-corrected chi connectivity index (χ2v) is 12.5. The van der Waals surface area contributed by atoms with Crippen molar-refractivity contribution in [2.45, 2.75) is 82.2 Å². The summed E-state index contributed by atoms with van der Waals surface area (Å²) in [6, 6.07) is 15.2. The number of aromatic nitrogens is 4. The molecule has 0 saturated heterocycles. The van der Waals surface area contributed by atoms with Gasteiger partial charge in [-0.3, -0.25) is 0 Å². The molecule has 1 fully saturated rings. The van der Waals surface area contributed by atoms with Crippen LogP contribution >= 0.6 is 0 Å². The summed E-state index contributed by atoms with van der Waals surface area (Å²) in [7, 11) is -3.66. The van der Waals surface area contributed by atoms with Gasteiger partial charge >= 0.3 is 0 Å². The summed E-state index contributed by atoms with van der Waals surface area (Å²) in [5, 5.41) is 8.45. The maximum absolute atomic E-state index is 13.2. The average molecular weight is 508 g/mol. The van der Waals surface area contributed by atoms with Crippen LogP contribution in [0.25, 0.3) is 11.0 Å². The van der Waals surface area contributed by atoms with E-state index in [1.807, 2.05) is 52.0 Å². The Bertz CT molecular complexity index is 1460. The van der Waals surface area contributed by atoms with Gasteiger partial charge in [-0.15, -0.1) is 10.2 Å². The van der Waals surface area contributed by atoms with Crippen molar-refractivity contribution >= 4 is 21.1 Å². The topological polar surface area (TPSA) is 103 Å². The Morgan fingerprint density at radius 1 is 1.03 bits per heavy atom. The van der Waals surface area contributed by atoms with Gasteiger partial charge in [-0.25, -0.2) is 18.1 Å². The number of aryl methyl sites for hydroxylation is 1. The monoisotopic (exact) mass is 507 g/mol. The Hall–Kier alpha value is -3.04. The first kappa shape index (κ1) is 24.6. The zero-order chi connectivity index (χ0) is 25.5. The molecule has 1 saturated carbocycles. The van der Waals surface area contributed by atoms with Gasteiger partial charge in [0.25, 0.3) is 0 Å². The van der Waals surface area contributed by atoms with Crippen LogP contribution < -0.4 is 4.72 Å². The lowest BCUT2D eigenvalue weighted by Crippen LogP contribution is -2.37. The van der Waals surface area contributed by atoms with Crippen LogP contribution in [-0.2, 0) is 22.0 Å². The molecule has 36 heavy (non-hydrogen) atoms. The molecule has 0 unspecified atom stereocenters. The van der Waals surface area contributed by atoms with Crippen LogP contribution in [-0.4, -0.2) is 34.2 Å². The minimum atomic E-state index is -3.66. The maximum atomic E-state index is 13.2. The van der Waals surface area contributed by atoms with Gasteiger partial charge in [0.05, 0.1) is 15.9 Å². The lowest BCUT2D eigenvalue weighted by Gasteiger charge is -2.27. The fourth-order valence-electron chi connectivity index (χ4n) is 4.81. The second kappa shape index (κ2) is 9.44. The van der Waals surface area contributed by atoms with Crippen LogP contribution in [0, 0.1) is 6.92 Å². The Morgan fingerprint density at radius 2 is 1.75 bits per heavy atom. The van der Waals surface area contributed by atoms with Crippen molar-refractivity contribution in [1.29, 1.82) is 0 Å². The predicted octanol–water partition coefficient (Wildman–Crippen LogP) is 5.08. The van der Waals surface area contributed by atoms with E-state index in [1.54, 1.807) is 12.1 Å². The zero-order valence-electron chi connectivity index (χ0n) is 21.2. The van der Waals surface area contributed by atoms with Crippen LogP contribution in [0.5, 0.6) is 0 Å². The molecule has 0 amide bonds. The molecule has 5 rings (SSSR count). The molecule has 9 heteroatoms. The van der Waals surface area contributed by atoms with Crippen LogP contribution in [0.2, 0.25) is 0 Å². The molecule has 0 aliphatic heterocycles. The average Bonchev–Trinajstić information content (AvgIpc) is 3.45. The van der Waals surface area contributed by atoms with Crippen LogP contribution in [0.15, 0.2) is 57.8 Å². The highest BCUT2D eigenvalue weighted by Gasteiger charge is 2.31. The van der Waals surface area contributed by atoms with E-state index in [1.165, 1.54) is 5.56 Å². The normalized spacial score (nSPS) is 19.1. The zero-order valence-corrected chi connectivity index (χ0v) is 22.0. The van der Waals surface area contributed by atoms with E-state index in [4.69, 9.17) is 4.42 Å². The summed E-state index contributed by atoms with van der Waals surface area (Å²) in [5.41, 5.74) is 2.59. The van der Waals surface area contributed by atoms with Gasteiger partial charge in [-0.05, 0) is 56.4 Å². The van der Waals surface area contributed by atoms with Gasteiger partial charge in [-0.2, -0.15) is 0 Å². The molecule has 1 aliphatic carbocycles. The third kappa shape index (κ3) is 5.08. The molecule has 1 aliphatic rings. The molecule has 0 radical (unpaired) electrons. The third-order valence-electron chi connectivity index (χ3n) is 6.88. The van der Waals surface area contributed by atoms with Gasteiger partial charge in [0, 0.05) is 23.9 Å². The summed E-state index contributed by atoms with van der Waals surface area (Å²) in [6.07, 6.45) is 3.07.